The van der Waals surface area contributed by atoms with Gasteiger partial charge in [-0.3, -0.25) is 0 Å². The molecule has 0 nitrogen and oxygen atoms in total. The Balaban J connectivity index is 1.80. The normalized spacial score (nSPS) is 15.4. The summed E-state index contributed by atoms with van der Waals surface area (Å²) in [6, 6.07) is 31.8. The first-order chi connectivity index (χ1) is 22.1. The van der Waals surface area contributed by atoms with Gasteiger partial charge in [-0.2, -0.15) is 0 Å². The average molecular weight is 714 g/mol. The Morgan fingerprint density at radius 2 is 1.02 bits per heavy atom. The van der Waals surface area contributed by atoms with E-state index < -0.39 is 18.3 Å². The Labute approximate surface area is 293 Å². The van der Waals surface area contributed by atoms with Crippen molar-refractivity contribution in [3.8, 4) is 11.1 Å². The van der Waals surface area contributed by atoms with E-state index in [-0.39, 0.29) is 21.7 Å². The van der Waals surface area contributed by atoms with E-state index in [0.29, 0.717) is 0 Å². The van der Waals surface area contributed by atoms with E-state index in [9.17, 15) is 0 Å². The molecular weight excluding hydrogens is 656 g/mol. The van der Waals surface area contributed by atoms with Gasteiger partial charge in [-0.15, -0.1) is 0 Å². The van der Waals surface area contributed by atoms with Gasteiger partial charge in [0.15, 0.2) is 0 Å². The van der Waals surface area contributed by atoms with Crippen LogP contribution >= 0.6 is 0 Å². The summed E-state index contributed by atoms with van der Waals surface area (Å²) in [4.78, 5) is 0. The van der Waals surface area contributed by atoms with Crippen LogP contribution in [0.15, 0.2) is 100 Å². The quantitative estimate of drug-likeness (QED) is 0.174. The minimum atomic E-state index is -4.95. The summed E-state index contributed by atoms with van der Waals surface area (Å²) in [5, 5.41) is 0. The number of rotatable bonds is 4. The molecule has 0 heterocycles. The molecule has 0 unspecified atom stereocenters. The molecule has 48 heavy (non-hydrogen) atoms. The van der Waals surface area contributed by atoms with Crippen LogP contribution in [0.4, 0.5) is 0 Å². The minimum absolute atomic E-state index is 0.0637. The fourth-order valence-electron chi connectivity index (χ4n) is 8.52. The van der Waals surface area contributed by atoms with E-state index >= 15 is 0 Å². The Morgan fingerprint density at radius 1 is 0.542 bits per heavy atom. The van der Waals surface area contributed by atoms with Crippen molar-refractivity contribution in [1.82, 2.24) is 0 Å². The number of fused-ring (bicyclic) bond motifs is 3. The molecule has 2 aliphatic carbocycles. The number of allylic oxidation sites excluding steroid dienone is 4. The third-order valence-corrected chi connectivity index (χ3v) is 28.0. The molecule has 0 bridgehead atoms. The zero-order valence-electron chi connectivity index (χ0n) is 31.9. The van der Waals surface area contributed by atoms with Gasteiger partial charge in [-0.1, -0.05) is 0 Å². The molecule has 0 spiro atoms. The van der Waals surface area contributed by atoms with E-state index in [2.05, 4.69) is 180 Å². The Morgan fingerprint density at radius 3 is 1.46 bits per heavy atom. The summed E-state index contributed by atoms with van der Waals surface area (Å²) in [6.07, 6.45) is 9.02. The Bertz CT molecular complexity index is 1950. The summed E-state index contributed by atoms with van der Waals surface area (Å²) < 4.78 is 11.8. The van der Waals surface area contributed by atoms with Gasteiger partial charge in [0.25, 0.3) is 0 Å². The number of hydrogen-bond acceptors (Lipinski definition) is 0. The van der Waals surface area contributed by atoms with Crippen LogP contribution in [0.3, 0.4) is 0 Å². The molecule has 0 atom stereocenters. The zero-order chi connectivity index (χ0) is 35.1. The molecule has 0 saturated heterocycles. The molecule has 0 aliphatic heterocycles. The fourth-order valence-corrected chi connectivity index (χ4v) is 25.1. The molecule has 1 heteroatoms. The fraction of sp³-hybridized carbons (Fsp3) is 0.383. The first-order valence-electron chi connectivity index (χ1n) is 18.1. The van der Waals surface area contributed by atoms with Gasteiger partial charge in [-0.05, 0) is 0 Å². The predicted octanol–water partition coefficient (Wildman–Crippen LogP) is 10.7. The van der Waals surface area contributed by atoms with Crippen molar-refractivity contribution >= 4 is 14.0 Å². The van der Waals surface area contributed by atoms with Gasteiger partial charge in [0.2, 0.25) is 0 Å². The van der Waals surface area contributed by atoms with Crippen LogP contribution in [0.25, 0.3) is 11.1 Å². The van der Waals surface area contributed by atoms with Crippen molar-refractivity contribution in [2.75, 3.05) is 0 Å². The first kappa shape index (κ1) is 35.0. The van der Waals surface area contributed by atoms with Crippen LogP contribution in [-0.4, -0.2) is 4.21 Å². The number of benzene rings is 4. The van der Waals surface area contributed by atoms with E-state index in [0.717, 1.165) is 12.8 Å². The van der Waals surface area contributed by atoms with Crippen molar-refractivity contribution in [1.29, 1.82) is 0 Å². The summed E-state index contributed by atoms with van der Waals surface area (Å²) in [5.74, 6) is 0. The standard InChI is InChI=1S/C21H25.2C10H13.C5H5.CH2.Zr/c1-20(2,3)16-7-9-18-14(12-16)11-15-13-17(21(4,5)6)8-10-19(15)18;2*1-10(2,3)9-7-5-4-6-8-9;1-2-4-5-3-1;;/h7-10,12H,11H2,1-6H3;2*5-8H,1-3H3;1-3H,4H2;1H2;. The van der Waals surface area contributed by atoms with Crippen LogP contribution in [-0.2, 0) is 46.4 Å². The van der Waals surface area contributed by atoms with Gasteiger partial charge in [0.05, 0.1) is 0 Å². The second-order valence-corrected chi connectivity index (χ2v) is 31.8. The van der Waals surface area contributed by atoms with Crippen LogP contribution in [0.1, 0.15) is 123 Å². The summed E-state index contributed by atoms with van der Waals surface area (Å²) in [5.41, 5.74) is 11.6. The average Bonchev–Trinajstić information content (AvgIpc) is 3.68. The topological polar surface area (TPSA) is 0 Å². The van der Waals surface area contributed by atoms with E-state index in [1.807, 2.05) is 0 Å². The molecule has 0 amide bonds. The molecule has 0 aromatic heterocycles. The van der Waals surface area contributed by atoms with Gasteiger partial charge < -0.3 is 0 Å². The molecular formula is C47H58Zr. The second-order valence-electron chi connectivity index (χ2n) is 19.0. The molecule has 6 rings (SSSR count). The van der Waals surface area contributed by atoms with E-state index in [1.165, 1.54) is 54.3 Å². The van der Waals surface area contributed by atoms with Gasteiger partial charge >= 0.3 is 295 Å². The summed E-state index contributed by atoms with van der Waals surface area (Å²) in [7, 11) is 0. The Hall–Kier alpha value is -2.89. The van der Waals surface area contributed by atoms with Crippen molar-refractivity contribution < 1.29 is 18.3 Å². The maximum atomic E-state index is 5.85. The predicted molar refractivity (Wildman–Crippen MR) is 210 cm³/mol. The summed E-state index contributed by atoms with van der Waals surface area (Å²) >= 11 is -4.95. The molecule has 250 valence electrons. The van der Waals surface area contributed by atoms with Crippen LogP contribution < -0.4 is 9.81 Å². The van der Waals surface area contributed by atoms with Gasteiger partial charge in [0.1, 0.15) is 0 Å². The third kappa shape index (κ3) is 5.48. The molecule has 0 fully saturated rings. The van der Waals surface area contributed by atoms with Gasteiger partial charge in [0, 0.05) is 0 Å². The van der Waals surface area contributed by atoms with Crippen LogP contribution in [0, 0.1) is 0 Å². The number of hydrogen-bond donors (Lipinski definition) is 0. The monoisotopic (exact) mass is 712 g/mol. The van der Waals surface area contributed by atoms with Gasteiger partial charge in [-0.25, -0.2) is 0 Å². The molecule has 0 radical (unpaired) electrons. The molecule has 4 aromatic carbocycles. The zero-order valence-corrected chi connectivity index (χ0v) is 34.3. The second kappa shape index (κ2) is 11.3. The molecule has 4 aromatic rings. The molecule has 0 N–H and O–H groups in total. The van der Waals surface area contributed by atoms with Crippen LogP contribution in [0.5, 0.6) is 0 Å². The Kier molecular flexibility index (Phi) is 8.24. The van der Waals surface area contributed by atoms with Crippen molar-refractivity contribution in [3.05, 3.63) is 134 Å². The molecule has 0 saturated carbocycles. The van der Waals surface area contributed by atoms with E-state index in [1.54, 1.807) is 3.27 Å². The third-order valence-electron chi connectivity index (χ3n) is 11.6. The van der Waals surface area contributed by atoms with Crippen molar-refractivity contribution in [2.45, 2.75) is 118 Å². The van der Waals surface area contributed by atoms with Crippen molar-refractivity contribution in [2.24, 2.45) is 0 Å². The maximum absolute atomic E-state index is 5.85. The molecule has 2 aliphatic rings. The van der Waals surface area contributed by atoms with Crippen LogP contribution in [0.2, 0.25) is 0 Å². The van der Waals surface area contributed by atoms with Crippen molar-refractivity contribution in [3.63, 3.8) is 0 Å². The van der Waals surface area contributed by atoms with E-state index in [4.69, 9.17) is 4.21 Å². The first-order valence-corrected chi connectivity index (χ1v) is 24.7. The SMILES string of the molecule is [CH2]=[Zr]([C]1=CC=CC1)([c]1ccc(C(C)(C)C)cc1)([c]1ccc(C(C)(C)C)cc1)[c]1c(C(C)(C)C)ccc2c1Cc1cc(C(C)(C)C)ccc1-2. The summed E-state index contributed by atoms with van der Waals surface area (Å²) in [6.45, 7) is 28.1.